The molecule has 0 saturated heterocycles. The van der Waals surface area contributed by atoms with Crippen molar-refractivity contribution in [3.63, 3.8) is 0 Å². The molecule has 0 fully saturated rings. The first kappa shape index (κ1) is 15.4. The van der Waals surface area contributed by atoms with E-state index in [2.05, 4.69) is 4.98 Å². The number of hydrogen-bond acceptors (Lipinski definition) is 5. The molecule has 7 heteroatoms. The molecule has 1 heterocycles. The Morgan fingerprint density at radius 1 is 1.33 bits per heavy atom. The summed E-state index contributed by atoms with van der Waals surface area (Å²) in [7, 11) is 0. The molecule has 0 saturated carbocycles. The van der Waals surface area contributed by atoms with Gasteiger partial charge in [0.25, 0.3) is 0 Å². The van der Waals surface area contributed by atoms with E-state index in [0.717, 1.165) is 0 Å². The number of nitrogen functional groups attached to an aromatic ring is 1. The molecule has 0 aliphatic carbocycles. The number of benzene rings is 1. The zero-order valence-corrected chi connectivity index (χ0v) is 12.6. The van der Waals surface area contributed by atoms with Gasteiger partial charge in [-0.05, 0) is 25.1 Å². The van der Waals surface area contributed by atoms with Gasteiger partial charge >= 0.3 is 5.97 Å². The van der Waals surface area contributed by atoms with Crippen LogP contribution in [-0.4, -0.2) is 17.6 Å². The van der Waals surface area contributed by atoms with Gasteiger partial charge in [0.2, 0.25) is 5.88 Å². The topological polar surface area (TPSA) is 74.4 Å². The Morgan fingerprint density at radius 3 is 2.76 bits per heavy atom. The summed E-state index contributed by atoms with van der Waals surface area (Å²) in [4.78, 5) is 15.9. The van der Waals surface area contributed by atoms with Gasteiger partial charge in [0.15, 0.2) is 5.75 Å². The molecule has 0 bridgehead atoms. The summed E-state index contributed by atoms with van der Waals surface area (Å²) in [6, 6.07) is 6.08. The lowest BCUT2D eigenvalue weighted by Crippen LogP contribution is -2.07. The van der Waals surface area contributed by atoms with Gasteiger partial charge in [-0.2, -0.15) is 0 Å². The van der Waals surface area contributed by atoms with Crippen LogP contribution in [0.2, 0.25) is 10.0 Å². The lowest BCUT2D eigenvalue weighted by atomic mass is 10.2. The normalized spacial score (nSPS) is 10.2. The quantitative estimate of drug-likeness (QED) is 0.680. The number of hydrogen-bond donors (Lipinski definition) is 1. The van der Waals surface area contributed by atoms with Crippen molar-refractivity contribution in [2.45, 2.75) is 6.92 Å². The van der Waals surface area contributed by atoms with E-state index in [9.17, 15) is 4.79 Å². The summed E-state index contributed by atoms with van der Waals surface area (Å²) in [6.07, 6.45) is 1.49. The summed E-state index contributed by atoms with van der Waals surface area (Å²) in [6.45, 7) is 1.97. The zero-order chi connectivity index (χ0) is 15.4. The Balaban J connectivity index is 2.36. The summed E-state index contributed by atoms with van der Waals surface area (Å²) in [5.74, 6) is -0.186. The maximum Gasteiger partial charge on any atom is 0.343 e. The molecule has 1 aromatic carbocycles. The van der Waals surface area contributed by atoms with Gasteiger partial charge in [-0.3, -0.25) is 0 Å². The third-order valence-corrected chi connectivity index (χ3v) is 3.25. The molecule has 0 radical (unpaired) electrons. The molecule has 110 valence electrons. The van der Waals surface area contributed by atoms with Gasteiger partial charge in [0, 0.05) is 12.3 Å². The SMILES string of the molecule is CCOC(=O)c1cccnc1Oc1cc(Cl)c(Cl)cc1N. The minimum atomic E-state index is -0.528. The zero-order valence-electron chi connectivity index (χ0n) is 11.1. The van der Waals surface area contributed by atoms with Crippen molar-refractivity contribution in [3.05, 3.63) is 46.1 Å². The second-order valence-corrected chi connectivity index (χ2v) is 4.80. The van der Waals surface area contributed by atoms with Crippen LogP contribution in [0.1, 0.15) is 17.3 Å². The molecule has 0 aliphatic heterocycles. The second-order valence-electron chi connectivity index (χ2n) is 3.98. The molecule has 2 rings (SSSR count). The van der Waals surface area contributed by atoms with Gasteiger partial charge in [-0.25, -0.2) is 9.78 Å². The Bertz CT molecular complexity index is 677. The molecule has 0 amide bonds. The molecule has 0 atom stereocenters. The van der Waals surface area contributed by atoms with Crippen molar-refractivity contribution in [3.8, 4) is 11.6 Å². The predicted octanol–water partition coefficient (Wildman–Crippen LogP) is 3.94. The molecule has 5 nitrogen and oxygen atoms in total. The van der Waals surface area contributed by atoms with Crippen molar-refractivity contribution in [2.24, 2.45) is 0 Å². The molecular weight excluding hydrogens is 315 g/mol. The number of rotatable bonds is 4. The standard InChI is InChI=1S/C14H12Cl2N2O3/c1-2-20-14(19)8-4-3-5-18-13(8)21-12-7-10(16)9(15)6-11(12)17/h3-7H,2,17H2,1H3. The fourth-order valence-electron chi connectivity index (χ4n) is 1.57. The molecule has 1 aromatic heterocycles. The van der Waals surface area contributed by atoms with Crippen LogP contribution in [0.15, 0.2) is 30.5 Å². The van der Waals surface area contributed by atoms with Gasteiger partial charge < -0.3 is 15.2 Å². The number of nitrogens with zero attached hydrogens (tertiary/aromatic N) is 1. The van der Waals surface area contributed by atoms with E-state index in [-0.39, 0.29) is 34.5 Å². The van der Waals surface area contributed by atoms with Crippen molar-refractivity contribution in [1.29, 1.82) is 0 Å². The highest BCUT2D eigenvalue weighted by Gasteiger charge is 2.17. The van der Waals surface area contributed by atoms with Crippen LogP contribution in [0, 0.1) is 0 Å². The Morgan fingerprint density at radius 2 is 2.05 bits per heavy atom. The number of ether oxygens (including phenoxy) is 2. The predicted molar refractivity (Wildman–Crippen MR) is 81.1 cm³/mol. The molecule has 2 aromatic rings. The summed E-state index contributed by atoms with van der Waals surface area (Å²) in [5, 5.41) is 0.600. The number of anilines is 1. The third-order valence-electron chi connectivity index (χ3n) is 2.53. The average Bonchev–Trinajstić information content (AvgIpc) is 2.45. The lowest BCUT2D eigenvalue weighted by molar-refractivity contribution is 0.0522. The van der Waals surface area contributed by atoms with Crippen LogP contribution >= 0.6 is 23.2 Å². The monoisotopic (exact) mass is 326 g/mol. The van der Waals surface area contributed by atoms with E-state index in [4.69, 9.17) is 38.4 Å². The van der Waals surface area contributed by atoms with E-state index in [1.807, 2.05) is 0 Å². The smallest absolute Gasteiger partial charge is 0.343 e. The first-order valence-corrected chi connectivity index (χ1v) is 6.83. The van der Waals surface area contributed by atoms with Crippen LogP contribution in [-0.2, 0) is 4.74 Å². The van der Waals surface area contributed by atoms with E-state index >= 15 is 0 Å². The third kappa shape index (κ3) is 3.56. The molecule has 0 spiro atoms. The summed E-state index contributed by atoms with van der Waals surface area (Å²) in [5.41, 5.74) is 6.29. The van der Waals surface area contributed by atoms with E-state index in [0.29, 0.717) is 5.02 Å². The van der Waals surface area contributed by atoms with Gasteiger partial charge in [0.05, 0.1) is 22.3 Å². The van der Waals surface area contributed by atoms with E-state index < -0.39 is 5.97 Å². The number of aromatic nitrogens is 1. The lowest BCUT2D eigenvalue weighted by Gasteiger charge is -2.11. The van der Waals surface area contributed by atoms with Crippen molar-refractivity contribution in [1.82, 2.24) is 4.98 Å². The minimum absolute atomic E-state index is 0.0843. The minimum Gasteiger partial charge on any atom is -0.462 e. The number of carbonyl (C=O) groups excluding carboxylic acids is 1. The Hall–Kier alpha value is -1.98. The second kappa shape index (κ2) is 6.65. The van der Waals surface area contributed by atoms with Crippen molar-refractivity contribution >= 4 is 34.9 Å². The molecule has 21 heavy (non-hydrogen) atoms. The largest absolute Gasteiger partial charge is 0.462 e. The van der Waals surface area contributed by atoms with Crippen LogP contribution in [0.5, 0.6) is 11.6 Å². The first-order valence-electron chi connectivity index (χ1n) is 6.07. The van der Waals surface area contributed by atoms with Crippen LogP contribution in [0.4, 0.5) is 5.69 Å². The van der Waals surface area contributed by atoms with Gasteiger partial charge in [-0.15, -0.1) is 0 Å². The maximum absolute atomic E-state index is 11.8. The van der Waals surface area contributed by atoms with Crippen molar-refractivity contribution < 1.29 is 14.3 Å². The fourth-order valence-corrected chi connectivity index (χ4v) is 1.90. The molecule has 2 N–H and O–H groups in total. The molecule has 0 unspecified atom stereocenters. The van der Waals surface area contributed by atoms with Gasteiger partial charge in [-0.1, -0.05) is 23.2 Å². The number of esters is 1. The Labute approximate surface area is 131 Å². The number of pyridine rings is 1. The highest BCUT2D eigenvalue weighted by molar-refractivity contribution is 6.42. The van der Waals surface area contributed by atoms with Crippen LogP contribution in [0.25, 0.3) is 0 Å². The highest BCUT2D eigenvalue weighted by Crippen LogP contribution is 2.35. The van der Waals surface area contributed by atoms with Crippen LogP contribution < -0.4 is 10.5 Å². The number of carbonyl (C=O) groups is 1. The summed E-state index contributed by atoms with van der Waals surface area (Å²) >= 11 is 11.8. The summed E-state index contributed by atoms with van der Waals surface area (Å²) < 4.78 is 10.5. The first-order chi connectivity index (χ1) is 10.0. The van der Waals surface area contributed by atoms with Crippen LogP contribution in [0.3, 0.4) is 0 Å². The number of halogens is 2. The van der Waals surface area contributed by atoms with Gasteiger partial charge in [0.1, 0.15) is 5.56 Å². The van der Waals surface area contributed by atoms with E-state index in [1.54, 1.807) is 19.1 Å². The maximum atomic E-state index is 11.8. The average molecular weight is 327 g/mol. The molecule has 0 aliphatic rings. The molecular formula is C14H12Cl2N2O3. The van der Waals surface area contributed by atoms with Crippen molar-refractivity contribution in [2.75, 3.05) is 12.3 Å². The fraction of sp³-hybridized carbons (Fsp3) is 0.143. The van der Waals surface area contributed by atoms with E-state index in [1.165, 1.54) is 18.3 Å². The number of nitrogens with two attached hydrogens (primary N) is 1. The highest BCUT2D eigenvalue weighted by atomic mass is 35.5. The Kier molecular flexibility index (Phi) is 4.88.